The van der Waals surface area contributed by atoms with Crippen molar-refractivity contribution >= 4 is 11.8 Å². The molecule has 0 bridgehead atoms. The van der Waals surface area contributed by atoms with E-state index < -0.39 is 5.91 Å². The molecule has 0 aliphatic carbocycles. The van der Waals surface area contributed by atoms with Gasteiger partial charge in [-0.3, -0.25) is 9.59 Å². The molecular weight excluding hydrogens is 208 g/mol. The van der Waals surface area contributed by atoms with Crippen molar-refractivity contribution in [3.8, 4) is 0 Å². The molecule has 16 heavy (non-hydrogen) atoms. The third-order valence-electron chi connectivity index (χ3n) is 1.90. The summed E-state index contributed by atoms with van der Waals surface area (Å²) in [5.74, 6) is -0.992. The van der Waals surface area contributed by atoms with Gasteiger partial charge in [0.2, 0.25) is 0 Å². The summed E-state index contributed by atoms with van der Waals surface area (Å²) in [5.41, 5.74) is 10.6. The van der Waals surface area contributed by atoms with Crippen LogP contribution in [-0.4, -0.2) is 29.9 Å². The second-order valence-electron chi connectivity index (χ2n) is 3.17. The van der Waals surface area contributed by atoms with E-state index in [1.54, 1.807) is 6.07 Å². The summed E-state index contributed by atoms with van der Waals surface area (Å²) in [6, 6.07) is 4.54. The molecule has 0 atom stereocenters. The zero-order valence-electron chi connectivity index (χ0n) is 8.77. The van der Waals surface area contributed by atoms with Crippen LogP contribution in [0, 0.1) is 0 Å². The van der Waals surface area contributed by atoms with E-state index in [1.807, 2.05) is 0 Å². The summed E-state index contributed by atoms with van der Waals surface area (Å²) in [6.45, 7) is 0.993. The van der Waals surface area contributed by atoms with Crippen LogP contribution in [0.5, 0.6) is 0 Å². The van der Waals surface area contributed by atoms with Crippen LogP contribution in [0.15, 0.2) is 18.2 Å². The van der Waals surface area contributed by atoms with E-state index in [4.69, 9.17) is 11.5 Å². The standard InChI is InChI=1S/C10H14N4O2/c11-5-2-6-13-10(16)8-4-1-3-7(14-8)9(12)15/h1,3-4H,2,5-6,11H2,(H2,12,15)(H,13,16). The van der Waals surface area contributed by atoms with Crippen LogP contribution in [0.4, 0.5) is 0 Å². The molecule has 6 nitrogen and oxygen atoms in total. The maximum Gasteiger partial charge on any atom is 0.269 e. The van der Waals surface area contributed by atoms with E-state index in [9.17, 15) is 9.59 Å². The van der Waals surface area contributed by atoms with Crippen LogP contribution in [0.2, 0.25) is 0 Å². The van der Waals surface area contributed by atoms with Crippen molar-refractivity contribution in [3.05, 3.63) is 29.6 Å². The molecule has 1 aromatic rings. The summed E-state index contributed by atoms with van der Waals surface area (Å²) in [4.78, 5) is 26.2. The molecule has 1 heterocycles. The zero-order chi connectivity index (χ0) is 12.0. The van der Waals surface area contributed by atoms with Crippen molar-refractivity contribution < 1.29 is 9.59 Å². The highest BCUT2D eigenvalue weighted by Gasteiger charge is 2.09. The number of hydrogen-bond acceptors (Lipinski definition) is 4. The monoisotopic (exact) mass is 222 g/mol. The molecule has 1 rings (SSSR count). The number of carbonyl (C=O) groups is 2. The Morgan fingerprint density at radius 3 is 2.62 bits per heavy atom. The van der Waals surface area contributed by atoms with Gasteiger partial charge in [0.25, 0.3) is 11.8 Å². The van der Waals surface area contributed by atoms with Crippen molar-refractivity contribution in [1.82, 2.24) is 10.3 Å². The summed E-state index contributed by atoms with van der Waals surface area (Å²) < 4.78 is 0. The molecule has 0 aromatic carbocycles. The maximum atomic E-state index is 11.5. The average Bonchev–Trinajstić information content (AvgIpc) is 2.29. The van der Waals surface area contributed by atoms with Gasteiger partial charge >= 0.3 is 0 Å². The lowest BCUT2D eigenvalue weighted by Crippen LogP contribution is -2.27. The molecule has 0 fully saturated rings. The molecule has 86 valence electrons. The minimum atomic E-state index is -0.656. The molecule has 1 aromatic heterocycles. The van der Waals surface area contributed by atoms with Crippen LogP contribution >= 0.6 is 0 Å². The first-order valence-corrected chi connectivity index (χ1v) is 4.90. The fraction of sp³-hybridized carbons (Fsp3) is 0.300. The number of amides is 2. The number of carbonyl (C=O) groups excluding carboxylic acids is 2. The van der Waals surface area contributed by atoms with Gasteiger partial charge in [-0.2, -0.15) is 0 Å². The molecule has 0 unspecified atom stereocenters. The van der Waals surface area contributed by atoms with Gasteiger partial charge in [0.1, 0.15) is 11.4 Å². The second kappa shape index (κ2) is 5.82. The third-order valence-corrected chi connectivity index (χ3v) is 1.90. The highest BCUT2D eigenvalue weighted by atomic mass is 16.2. The van der Waals surface area contributed by atoms with Gasteiger partial charge in [-0.1, -0.05) is 6.07 Å². The first kappa shape index (κ1) is 12.1. The number of pyridine rings is 1. The lowest BCUT2D eigenvalue weighted by atomic mass is 10.2. The van der Waals surface area contributed by atoms with Crippen LogP contribution in [0.25, 0.3) is 0 Å². The van der Waals surface area contributed by atoms with Crippen LogP contribution < -0.4 is 16.8 Å². The Bertz CT molecular complexity index is 392. The molecule has 0 radical (unpaired) electrons. The number of aromatic nitrogens is 1. The van der Waals surface area contributed by atoms with E-state index in [-0.39, 0.29) is 17.3 Å². The molecule has 0 spiro atoms. The molecule has 2 amide bonds. The van der Waals surface area contributed by atoms with Crippen molar-refractivity contribution in [2.75, 3.05) is 13.1 Å². The summed E-state index contributed by atoms with van der Waals surface area (Å²) >= 11 is 0. The second-order valence-corrected chi connectivity index (χ2v) is 3.17. The number of rotatable bonds is 5. The molecule has 0 aliphatic rings. The molecule has 0 saturated carbocycles. The lowest BCUT2D eigenvalue weighted by Gasteiger charge is -2.04. The van der Waals surface area contributed by atoms with Crippen molar-refractivity contribution in [2.45, 2.75) is 6.42 Å². The smallest absolute Gasteiger partial charge is 0.269 e. The van der Waals surface area contributed by atoms with Gasteiger partial charge in [0, 0.05) is 6.54 Å². The van der Waals surface area contributed by atoms with Gasteiger partial charge in [0.05, 0.1) is 0 Å². The maximum absolute atomic E-state index is 11.5. The van der Waals surface area contributed by atoms with E-state index in [0.29, 0.717) is 19.5 Å². The van der Waals surface area contributed by atoms with E-state index >= 15 is 0 Å². The first-order valence-electron chi connectivity index (χ1n) is 4.90. The average molecular weight is 222 g/mol. The zero-order valence-corrected chi connectivity index (χ0v) is 8.77. The molecular formula is C10H14N4O2. The quantitative estimate of drug-likeness (QED) is 0.569. The largest absolute Gasteiger partial charge is 0.364 e. The Labute approximate surface area is 93.0 Å². The van der Waals surface area contributed by atoms with E-state index in [2.05, 4.69) is 10.3 Å². The highest BCUT2D eigenvalue weighted by molar-refractivity contribution is 5.95. The topological polar surface area (TPSA) is 111 Å². The minimum absolute atomic E-state index is 0.0754. The van der Waals surface area contributed by atoms with E-state index in [1.165, 1.54) is 12.1 Å². The lowest BCUT2D eigenvalue weighted by molar-refractivity contribution is 0.0948. The SMILES string of the molecule is NCCCNC(=O)c1cccc(C(N)=O)n1. The Balaban J connectivity index is 2.68. The Morgan fingerprint density at radius 1 is 1.31 bits per heavy atom. The summed E-state index contributed by atoms with van der Waals surface area (Å²) in [6.07, 6.45) is 0.696. The predicted molar refractivity (Wildman–Crippen MR) is 58.8 cm³/mol. The fourth-order valence-electron chi connectivity index (χ4n) is 1.09. The minimum Gasteiger partial charge on any atom is -0.364 e. The normalized spacial score (nSPS) is 9.81. The van der Waals surface area contributed by atoms with Gasteiger partial charge in [-0.05, 0) is 25.1 Å². The highest BCUT2D eigenvalue weighted by Crippen LogP contribution is 1.98. The molecule has 6 heteroatoms. The number of primary amides is 1. The number of nitrogens with one attached hydrogen (secondary N) is 1. The van der Waals surface area contributed by atoms with Crippen molar-refractivity contribution in [1.29, 1.82) is 0 Å². The van der Waals surface area contributed by atoms with Gasteiger partial charge in [-0.25, -0.2) is 4.98 Å². The number of nitrogens with zero attached hydrogens (tertiary/aromatic N) is 1. The summed E-state index contributed by atoms with van der Waals surface area (Å²) in [7, 11) is 0. The van der Waals surface area contributed by atoms with Crippen LogP contribution in [0.3, 0.4) is 0 Å². The van der Waals surface area contributed by atoms with E-state index in [0.717, 1.165) is 0 Å². The van der Waals surface area contributed by atoms with Crippen LogP contribution in [0.1, 0.15) is 27.4 Å². The van der Waals surface area contributed by atoms with Crippen molar-refractivity contribution in [2.24, 2.45) is 11.5 Å². The van der Waals surface area contributed by atoms with Crippen molar-refractivity contribution in [3.63, 3.8) is 0 Å². The number of nitrogens with two attached hydrogens (primary N) is 2. The van der Waals surface area contributed by atoms with Gasteiger partial charge in [0.15, 0.2) is 0 Å². The predicted octanol–water partition coefficient (Wildman–Crippen LogP) is -0.741. The third kappa shape index (κ3) is 3.32. The number of hydrogen-bond donors (Lipinski definition) is 3. The Hall–Kier alpha value is -1.95. The van der Waals surface area contributed by atoms with Gasteiger partial charge < -0.3 is 16.8 Å². The van der Waals surface area contributed by atoms with Gasteiger partial charge in [-0.15, -0.1) is 0 Å². The molecule has 5 N–H and O–H groups in total. The van der Waals surface area contributed by atoms with Crippen LogP contribution in [-0.2, 0) is 0 Å². The molecule has 0 saturated heterocycles. The Kier molecular flexibility index (Phi) is 4.41. The Morgan fingerprint density at radius 2 is 2.00 bits per heavy atom. The summed E-state index contributed by atoms with van der Waals surface area (Å²) in [5, 5.41) is 2.63. The molecule has 0 aliphatic heterocycles. The first-order chi connectivity index (χ1) is 7.65. The fourth-order valence-corrected chi connectivity index (χ4v) is 1.09.